The number of imidazole rings is 1. The molecule has 1 aliphatic heterocycles. The first-order valence-electron chi connectivity index (χ1n) is 14.7. The van der Waals surface area contributed by atoms with E-state index >= 15 is 0 Å². The Morgan fingerprint density at radius 2 is 1.51 bits per heavy atom. The Balaban J connectivity index is 1.41. The molecule has 1 aliphatic carbocycles. The van der Waals surface area contributed by atoms with Gasteiger partial charge in [0, 0.05) is 41.5 Å². The van der Waals surface area contributed by atoms with Gasteiger partial charge in [-0.1, -0.05) is 53.5 Å². The highest BCUT2D eigenvalue weighted by Gasteiger charge is 2.51. The highest BCUT2D eigenvalue weighted by Crippen LogP contribution is 2.47. The number of likely N-dealkylation sites (tertiary alicyclic amines) is 1. The van der Waals surface area contributed by atoms with Gasteiger partial charge in [0.05, 0.1) is 23.6 Å². The molecule has 7 nitrogen and oxygen atoms in total. The maximum atomic E-state index is 12.9. The van der Waals surface area contributed by atoms with Crippen molar-refractivity contribution in [1.82, 2.24) is 14.5 Å². The molecule has 3 aromatic carbocycles. The molecule has 0 radical (unpaired) electrons. The summed E-state index contributed by atoms with van der Waals surface area (Å²) in [5, 5.41) is 10.4. The van der Waals surface area contributed by atoms with Crippen molar-refractivity contribution in [3.8, 4) is 0 Å². The van der Waals surface area contributed by atoms with Crippen LogP contribution in [0.2, 0.25) is 10.0 Å². The van der Waals surface area contributed by atoms with Crippen LogP contribution in [0.3, 0.4) is 0 Å². The van der Waals surface area contributed by atoms with Crippen molar-refractivity contribution in [2.45, 2.75) is 55.8 Å². The van der Waals surface area contributed by atoms with Crippen LogP contribution in [0.15, 0.2) is 66.7 Å². The average molecular weight is 661 g/mol. The first kappa shape index (κ1) is 31.4. The second-order valence-corrected chi connectivity index (χ2v) is 12.4. The fraction of sp³-hybridized carbons (Fsp3) is 0.364. The van der Waals surface area contributed by atoms with Gasteiger partial charge < -0.3 is 19.3 Å². The average Bonchev–Trinajstić information content (AvgIpc) is 3.68. The van der Waals surface area contributed by atoms with E-state index in [-0.39, 0.29) is 37.3 Å². The third-order valence-corrected chi connectivity index (χ3v) is 9.05. The summed E-state index contributed by atoms with van der Waals surface area (Å²) < 4.78 is 45.7. The van der Waals surface area contributed by atoms with E-state index < -0.39 is 24.2 Å². The third-order valence-electron chi connectivity index (χ3n) is 8.54. The molecule has 4 aromatic rings. The molecular weight excluding hydrogens is 630 g/mol. The van der Waals surface area contributed by atoms with Crippen LogP contribution in [-0.4, -0.2) is 63.4 Å². The van der Waals surface area contributed by atoms with Crippen LogP contribution in [0.1, 0.15) is 66.1 Å². The number of fused-ring (bicyclic) bond motifs is 1. The second-order valence-electron chi connectivity index (χ2n) is 11.5. The molecule has 1 amide bonds. The topological polar surface area (TPSA) is 84.7 Å². The van der Waals surface area contributed by atoms with Gasteiger partial charge in [0.25, 0.3) is 0 Å². The van der Waals surface area contributed by atoms with Crippen molar-refractivity contribution in [3.63, 3.8) is 0 Å². The predicted octanol–water partition coefficient (Wildman–Crippen LogP) is 7.03. The van der Waals surface area contributed by atoms with Crippen LogP contribution in [0, 0.1) is 0 Å². The lowest BCUT2D eigenvalue weighted by Gasteiger charge is -2.34. The summed E-state index contributed by atoms with van der Waals surface area (Å²) in [4.78, 5) is 30.6. The number of piperidine rings is 1. The van der Waals surface area contributed by atoms with Crippen LogP contribution in [-0.2, 0) is 14.3 Å². The highest BCUT2D eigenvalue weighted by atomic mass is 35.5. The lowest BCUT2D eigenvalue weighted by molar-refractivity contribution is -0.201. The summed E-state index contributed by atoms with van der Waals surface area (Å²) in [5.74, 6) is -2.43. The molecule has 2 heterocycles. The lowest BCUT2D eigenvalue weighted by atomic mass is 9.85. The first-order valence-corrected chi connectivity index (χ1v) is 15.5. The van der Waals surface area contributed by atoms with Crippen molar-refractivity contribution in [3.05, 3.63) is 99.3 Å². The number of aliphatic hydroxyl groups is 1. The van der Waals surface area contributed by atoms with Gasteiger partial charge in [-0.15, -0.1) is 0 Å². The van der Waals surface area contributed by atoms with E-state index in [1.54, 1.807) is 4.90 Å². The number of aromatic nitrogens is 2. The number of esters is 1. The summed E-state index contributed by atoms with van der Waals surface area (Å²) in [5.41, 5.74) is 4.45. The van der Waals surface area contributed by atoms with Gasteiger partial charge in [-0.25, -0.2) is 9.78 Å². The maximum Gasteiger partial charge on any atom is 0.490 e. The van der Waals surface area contributed by atoms with Gasteiger partial charge in [0.15, 0.2) is 0 Å². The van der Waals surface area contributed by atoms with Gasteiger partial charge in [-0.05, 0) is 72.4 Å². The number of nitrogens with zero attached hydrogens (tertiary/aromatic N) is 3. The fourth-order valence-electron chi connectivity index (χ4n) is 6.25. The Labute approximate surface area is 267 Å². The normalized spacial score (nSPS) is 18.9. The molecule has 6 rings (SSSR count). The van der Waals surface area contributed by atoms with Gasteiger partial charge in [0.2, 0.25) is 5.91 Å². The molecule has 1 aromatic heterocycles. The number of ether oxygens (including phenoxy) is 1. The largest absolute Gasteiger partial charge is 0.490 e. The lowest BCUT2D eigenvalue weighted by Crippen LogP contribution is -2.39. The number of hydrogen-bond acceptors (Lipinski definition) is 5. The Hall–Kier alpha value is -3.60. The monoisotopic (exact) mass is 659 g/mol. The summed E-state index contributed by atoms with van der Waals surface area (Å²) in [6, 6.07) is 21.1. The van der Waals surface area contributed by atoms with Gasteiger partial charge >= 0.3 is 12.1 Å². The number of hydrogen-bond donors (Lipinski definition) is 1. The highest BCUT2D eigenvalue weighted by molar-refractivity contribution is 6.30. The number of carbonyl (C=O) groups excluding carboxylic acids is 2. The molecule has 0 spiro atoms. The molecule has 45 heavy (non-hydrogen) atoms. The molecule has 1 N–H and O–H groups in total. The van der Waals surface area contributed by atoms with Gasteiger partial charge in [0.1, 0.15) is 11.9 Å². The van der Waals surface area contributed by atoms with E-state index in [1.807, 2.05) is 60.7 Å². The minimum absolute atomic E-state index is 0.0540. The molecule has 0 bridgehead atoms. The van der Waals surface area contributed by atoms with E-state index in [0.29, 0.717) is 47.3 Å². The minimum atomic E-state index is -5.07. The Morgan fingerprint density at radius 3 is 2.07 bits per heavy atom. The van der Waals surface area contributed by atoms with Crippen molar-refractivity contribution < 1.29 is 32.6 Å². The number of alkyl halides is 3. The van der Waals surface area contributed by atoms with Crippen molar-refractivity contribution in [2.75, 3.05) is 19.7 Å². The zero-order valence-electron chi connectivity index (χ0n) is 24.0. The fourth-order valence-corrected chi connectivity index (χ4v) is 6.50. The maximum absolute atomic E-state index is 12.9. The Kier molecular flexibility index (Phi) is 8.83. The van der Waals surface area contributed by atoms with Gasteiger partial charge in [-0.3, -0.25) is 4.79 Å². The zero-order chi connectivity index (χ0) is 31.9. The first-order chi connectivity index (χ1) is 21.5. The van der Waals surface area contributed by atoms with Crippen molar-refractivity contribution >= 4 is 46.1 Å². The van der Waals surface area contributed by atoms with Crippen LogP contribution >= 0.6 is 23.2 Å². The van der Waals surface area contributed by atoms with Gasteiger partial charge in [-0.2, -0.15) is 13.2 Å². The van der Waals surface area contributed by atoms with E-state index in [9.17, 15) is 27.9 Å². The van der Waals surface area contributed by atoms with E-state index in [0.717, 1.165) is 22.2 Å². The number of amides is 1. The number of rotatable bonds is 8. The molecule has 236 valence electrons. The molecule has 2 fully saturated rings. The quantitative estimate of drug-likeness (QED) is 0.162. The summed E-state index contributed by atoms with van der Waals surface area (Å²) in [6.45, 7) is 0.717. The number of halogens is 5. The number of benzene rings is 3. The van der Waals surface area contributed by atoms with Crippen LogP contribution in [0.5, 0.6) is 0 Å². The van der Waals surface area contributed by atoms with Crippen LogP contribution in [0.25, 0.3) is 11.0 Å². The smallest absolute Gasteiger partial charge is 0.455 e. The Morgan fingerprint density at radius 1 is 0.933 bits per heavy atom. The molecule has 1 saturated heterocycles. The second kappa shape index (κ2) is 12.7. The molecule has 2 unspecified atom stereocenters. The van der Waals surface area contributed by atoms with E-state index in [2.05, 4.69) is 10.6 Å². The zero-order valence-corrected chi connectivity index (χ0v) is 25.5. The van der Waals surface area contributed by atoms with Crippen LogP contribution in [0.4, 0.5) is 13.2 Å². The predicted molar refractivity (Wildman–Crippen MR) is 163 cm³/mol. The third kappa shape index (κ3) is 6.68. The molecular formula is C33H30Cl2F3N3O4. The van der Waals surface area contributed by atoms with Crippen molar-refractivity contribution in [2.24, 2.45) is 0 Å². The SMILES string of the molecule is O=C(CCO)N1CCC(n2c(C3CC3OC(=O)C(F)(F)F)nc3ccc(C(c4ccc(Cl)cc4)c4ccc(Cl)cc4)cc32)CC1. The minimum Gasteiger partial charge on any atom is -0.455 e. The summed E-state index contributed by atoms with van der Waals surface area (Å²) in [7, 11) is 0. The molecule has 12 heteroatoms. The standard InChI is InChI=1S/C33H30Cl2F3N3O4/c34-22-6-1-19(2-7-22)30(20-3-8-23(35)9-4-20)21-5-10-26-27(17-21)41(24-11-14-40(15-12-24)29(43)13-16-42)31(39-26)25-18-28(25)45-32(44)33(36,37)38/h1-10,17,24-25,28,30,42H,11-16,18H2. The molecule has 1 saturated carbocycles. The van der Waals surface area contributed by atoms with Crippen LogP contribution < -0.4 is 0 Å². The van der Waals surface area contributed by atoms with E-state index in [1.165, 1.54) is 0 Å². The molecule has 2 atom stereocenters. The number of aliphatic hydroxyl groups excluding tert-OH is 1. The van der Waals surface area contributed by atoms with Crippen molar-refractivity contribution in [1.29, 1.82) is 0 Å². The molecule has 2 aliphatic rings. The summed E-state index contributed by atoms with van der Waals surface area (Å²) >= 11 is 12.4. The van der Waals surface area contributed by atoms with E-state index in [4.69, 9.17) is 32.9 Å². The summed E-state index contributed by atoms with van der Waals surface area (Å²) in [6.07, 6.45) is -4.51. The number of carbonyl (C=O) groups is 2. The Bertz CT molecular complexity index is 1660.